The predicted molar refractivity (Wildman–Crippen MR) is 109 cm³/mol. The first kappa shape index (κ1) is 17.6. The highest BCUT2D eigenvalue weighted by Crippen LogP contribution is 2.34. The molecule has 0 N–H and O–H groups in total. The highest BCUT2D eigenvalue weighted by atomic mass is 35.5. The van der Waals surface area contributed by atoms with E-state index in [9.17, 15) is 4.79 Å². The zero-order valence-electron chi connectivity index (χ0n) is 14.3. The van der Waals surface area contributed by atoms with Crippen LogP contribution < -0.4 is 0 Å². The molecule has 1 amide bonds. The fraction of sp³-hybridized carbons (Fsp3) is 0.0500. The van der Waals surface area contributed by atoms with Crippen LogP contribution >= 0.6 is 23.4 Å². The molecule has 7 heteroatoms. The number of nitrogens with zero attached hydrogens (tertiary/aromatic N) is 3. The summed E-state index contributed by atoms with van der Waals surface area (Å²) in [6, 6.07) is 16.6. The molecule has 1 fully saturated rings. The van der Waals surface area contributed by atoms with Crippen molar-refractivity contribution in [2.24, 2.45) is 4.99 Å². The van der Waals surface area contributed by atoms with Gasteiger partial charge in [0.05, 0.1) is 9.93 Å². The molecule has 1 saturated heterocycles. The summed E-state index contributed by atoms with van der Waals surface area (Å²) in [6.45, 7) is 0. The molecule has 4 rings (SSSR count). The molecule has 3 aromatic rings. The Morgan fingerprint density at radius 3 is 2.74 bits per heavy atom. The Morgan fingerprint density at radius 2 is 1.96 bits per heavy atom. The largest absolute Gasteiger partial charge is 0.457 e. The lowest BCUT2D eigenvalue weighted by atomic mass is 10.2. The zero-order valence-corrected chi connectivity index (χ0v) is 15.9. The average Bonchev–Trinajstić information content (AvgIpc) is 3.24. The van der Waals surface area contributed by atoms with E-state index < -0.39 is 0 Å². The number of carbonyl (C=O) groups excluding carboxylic acids is 1. The van der Waals surface area contributed by atoms with Crippen LogP contribution in [0.15, 0.2) is 75.1 Å². The molecule has 0 radical (unpaired) electrons. The molecule has 1 aliphatic rings. The lowest BCUT2D eigenvalue weighted by Crippen LogP contribution is -2.23. The number of pyridine rings is 1. The van der Waals surface area contributed by atoms with Gasteiger partial charge in [-0.15, -0.1) is 0 Å². The first-order valence-corrected chi connectivity index (χ1v) is 9.33. The number of amides is 1. The maximum absolute atomic E-state index is 12.5. The van der Waals surface area contributed by atoms with Gasteiger partial charge in [0.2, 0.25) is 0 Å². The van der Waals surface area contributed by atoms with Crippen molar-refractivity contribution < 1.29 is 9.21 Å². The van der Waals surface area contributed by atoms with Gasteiger partial charge in [-0.3, -0.25) is 9.69 Å². The van der Waals surface area contributed by atoms with Crippen LogP contribution in [0, 0.1) is 0 Å². The molecule has 0 atom stereocenters. The van der Waals surface area contributed by atoms with Gasteiger partial charge in [-0.25, -0.2) is 9.98 Å². The predicted octanol–water partition coefficient (Wildman–Crippen LogP) is 5.23. The van der Waals surface area contributed by atoms with E-state index in [-0.39, 0.29) is 5.91 Å². The molecule has 0 saturated carbocycles. The lowest BCUT2D eigenvalue weighted by molar-refractivity contribution is -0.121. The van der Waals surface area contributed by atoms with E-state index in [1.54, 1.807) is 25.4 Å². The molecule has 0 unspecified atom stereocenters. The standard InChI is InChI=1S/C20H14ClN3O2S/c1-24-19(25)17(27-20(24)23-18-8-4-5-11-22-18)12-13-9-10-16(26-13)14-6-2-3-7-15(14)21/h2-12H,1H3/b17-12+,23-20+. The van der Waals surface area contributed by atoms with Crippen LogP contribution in [0.25, 0.3) is 17.4 Å². The second kappa shape index (κ2) is 7.42. The van der Waals surface area contributed by atoms with Crippen LogP contribution in [0.1, 0.15) is 5.76 Å². The summed E-state index contributed by atoms with van der Waals surface area (Å²) in [5.74, 6) is 1.65. The van der Waals surface area contributed by atoms with E-state index in [2.05, 4.69) is 9.98 Å². The molecule has 1 aromatic carbocycles. The first-order valence-electron chi connectivity index (χ1n) is 8.14. The van der Waals surface area contributed by atoms with Crippen molar-refractivity contribution in [2.75, 3.05) is 7.05 Å². The number of furan rings is 1. The summed E-state index contributed by atoms with van der Waals surface area (Å²) in [5.41, 5.74) is 0.809. The second-order valence-electron chi connectivity index (χ2n) is 5.74. The Bertz CT molecular complexity index is 1060. The quantitative estimate of drug-likeness (QED) is 0.570. The van der Waals surface area contributed by atoms with Crippen molar-refractivity contribution in [1.82, 2.24) is 9.88 Å². The van der Waals surface area contributed by atoms with E-state index >= 15 is 0 Å². The minimum atomic E-state index is -0.134. The fourth-order valence-electron chi connectivity index (χ4n) is 2.53. The SMILES string of the molecule is CN1C(=O)/C(=C\c2ccc(-c3ccccc3Cl)o2)S/C1=N/c1ccccn1. The summed E-state index contributed by atoms with van der Waals surface area (Å²) in [7, 11) is 1.69. The third-order valence-corrected chi connectivity index (χ3v) is 5.29. The number of aromatic nitrogens is 1. The summed E-state index contributed by atoms with van der Waals surface area (Å²) in [6.07, 6.45) is 3.38. The minimum absolute atomic E-state index is 0.134. The first-order chi connectivity index (χ1) is 13.1. The van der Waals surface area contributed by atoms with Crippen molar-refractivity contribution in [3.63, 3.8) is 0 Å². The topological polar surface area (TPSA) is 58.7 Å². The maximum atomic E-state index is 12.5. The van der Waals surface area contributed by atoms with Gasteiger partial charge in [0.15, 0.2) is 11.0 Å². The number of likely N-dealkylation sites (N-methyl/N-ethyl adjacent to an activating group) is 1. The molecule has 134 valence electrons. The number of hydrogen-bond donors (Lipinski definition) is 0. The van der Waals surface area contributed by atoms with E-state index in [0.29, 0.717) is 32.4 Å². The number of benzene rings is 1. The van der Waals surface area contributed by atoms with E-state index in [1.165, 1.54) is 16.7 Å². The van der Waals surface area contributed by atoms with Crippen molar-refractivity contribution in [1.29, 1.82) is 0 Å². The van der Waals surface area contributed by atoms with Crippen molar-refractivity contribution in [2.45, 2.75) is 0 Å². The number of halogens is 1. The Balaban J connectivity index is 1.61. The molecule has 0 aliphatic carbocycles. The zero-order chi connectivity index (χ0) is 18.8. The van der Waals surface area contributed by atoms with Gasteiger partial charge in [-0.1, -0.05) is 29.8 Å². The number of thioether (sulfide) groups is 1. The number of carbonyl (C=O) groups is 1. The van der Waals surface area contributed by atoms with Crippen LogP contribution in [-0.4, -0.2) is 28.0 Å². The number of amidine groups is 1. The van der Waals surface area contributed by atoms with Gasteiger partial charge >= 0.3 is 0 Å². The molecule has 3 heterocycles. The van der Waals surface area contributed by atoms with Gasteiger partial charge in [0.25, 0.3) is 5.91 Å². The average molecular weight is 396 g/mol. The monoisotopic (exact) mass is 395 g/mol. The third-order valence-electron chi connectivity index (χ3n) is 3.90. The number of aliphatic imine (C=N–C) groups is 1. The summed E-state index contributed by atoms with van der Waals surface area (Å²) < 4.78 is 5.85. The lowest BCUT2D eigenvalue weighted by Gasteiger charge is -2.06. The van der Waals surface area contributed by atoms with E-state index in [4.69, 9.17) is 16.0 Å². The summed E-state index contributed by atoms with van der Waals surface area (Å²) >= 11 is 7.50. The van der Waals surface area contributed by atoms with Gasteiger partial charge in [0.1, 0.15) is 11.5 Å². The molecular weight excluding hydrogens is 382 g/mol. The maximum Gasteiger partial charge on any atom is 0.266 e. The smallest absolute Gasteiger partial charge is 0.266 e. The molecule has 5 nitrogen and oxygen atoms in total. The summed E-state index contributed by atoms with van der Waals surface area (Å²) in [4.78, 5) is 23.1. The minimum Gasteiger partial charge on any atom is -0.457 e. The molecule has 0 bridgehead atoms. The van der Waals surface area contributed by atoms with Gasteiger partial charge in [-0.2, -0.15) is 0 Å². The van der Waals surface area contributed by atoms with Crippen LogP contribution in [-0.2, 0) is 4.79 Å². The van der Waals surface area contributed by atoms with Gasteiger partial charge in [-0.05, 0) is 48.2 Å². The number of hydrogen-bond acceptors (Lipinski definition) is 5. The van der Waals surface area contributed by atoms with Crippen molar-refractivity contribution in [3.8, 4) is 11.3 Å². The summed E-state index contributed by atoms with van der Waals surface area (Å²) in [5, 5.41) is 1.18. The number of rotatable bonds is 3. The van der Waals surface area contributed by atoms with Crippen LogP contribution in [0.4, 0.5) is 5.82 Å². The van der Waals surface area contributed by atoms with E-state index in [1.807, 2.05) is 48.5 Å². The molecular formula is C20H14ClN3O2S. The Hall–Kier alpha value is -2.83. The Morgan fingerprint density at radius 1 is 1.15 bits per heavy atom. The van der Waals surface area contributed by atoms with Crippen LogP contribution in [0.3, 0.4) is 0 Å². The highest BCUT2D eigenvalue weighted by molar-refractivity contribution is 8.18. The van der Waals surface area contributed by atoms with Crippen molar-refractivity contribution >= 4 is 46.3 Å². The second-order valence-corrected chi connectivity index (χ2v) is 7.16. The molecule has 27 heavy (non-hydrogen) atoms. The Labute approximate surface area is 165 Å². The Kier molecular flexibility index (Phi) is 4.83. The molecule has 0 spiro atoms. The van der Waals surface area contributed by atoms with Gasteiger partial charge in [0, 0.05) is 24.9 Å². The van der Waals surface area contributed by atoms with Crippen LogP contribution in [0.2, 0.25) is 5.02 Å². The molecule has 2 aromatic heterocycles. The van der Waals surface area contributed by atoms with E-state index in [0.717, 1.165) is 5.56 Å². The normalized spacial score (nSPS) is 17.3. The third kappa shape index (κ3) is 3.67. The highest BCUT2D eigenvalue weighted by Gasteiger charge is 2.30. The van der Waals surface area contributed by atoms with Crippen molar-refractivity contribution in [3.05, 3.63) is 76.5 Å². The van der Waals surface area contributed by atoms with Crippen LogP contribution in [0.5, 0.6) is 0 Å². The molecule has 1 aliphatic heterocycles. The van der Waals surface area contributed by atoms with Gasteiger partial charge < -0.3 is 4.42 Å². The fourth-order valence-corrected chi connectivity index (χ4v) is 3.72.